The van der Waals surface area contributed by atoms with Gasteiger partial charge in [0, 0.05) is 7.05 Å². The number of fused-ring (bicyclic) bond motifs is 2. The zero-order chi connectivity index (χ0) is 11.0. The molecule has 0 N–H and O–H groups in total. The van der Waals surface area contributed by atoms with Crippen molar-refractivity contribution in [2.24, 2.45) is 18.9 Å². The fraction of sp³-hybridized carbons (Fsp3) is 0.500. The second-order valence-electron chi connectivity index (χ2n) is 3.86. The Labute approximate surface area is 88.8 Å². The van der Waals surface area contributed by atoms with Gasteiger partial charge in [-0.15, -0.1) is 0 Å². The SMILES string of the molecule is CC.Cn1cnc2c(c1=O)=CC1CC1C=2. The van der Waals surface area contributed by atoms with Gasteiger partial charge in [-0.3, -0.25) is 4.79 Å². The number of rotatable bonds is 0. The summed E-state index contributed by atoms with van der Waals surface area (Å²) in [6.07, 6.45) is 6.99. The van der Waals surface area contributed by atoms with Crippen molar-refractivity contribution in [3.63, 3.8) is 0 Å². The van der Waals surface area contributed by atoms with Crippen LogP contribution in [0.25, 0.3) is 12.2 Å². The number of hydrogen-bond donors (Lipinski definition) is 0. The van der Waals surface area contributed by atoms with E-state index in [4.69, 9.17) is 0 Å². The lowest BCUT2D eigenvalue weighted by atomic mass is 10.2. The first-order valence-electron chi connectivity index (χ1n) is 5.51. The highest BCUT2D eigenvalue weighted by atomic mass is 16.1. The summed E-state index contributed by atoms with van der Waals surface area (Å²) < 4.78 is 1.53. The van der Waals surface area contributed by atoms with E-state index in [0.29, 0.717) is 11.8 Å². The van der Waals surface area contributed by atoms with E-state index in [0.717, 1.165) is 10.6 Å². The van der Waals surface area contributed by atoms with E-state index in [1.807, 2.05) is 13.8 Å². The molecule has 2 aliphatic rings. The Morgan fingerprint density at radius 2 is 2.00 bits per heavy atom. The Kier molecular flexibility index (Phi) is 2.47. The van der Waals surface area contributed by atoms with E-state index in [1.165, 1.54) is 11.0 Å². The Morgan fingerprint density at radius 3 is 2.73 bits per heavy atom. The van der Waals surface area contributed by atoms with Crippen LogP contribution < -0.4 is 16.1 Å². The van der Waals surface area contributed by atoms with Crippen molar-refractivity contribution in [3.05, 3.63) is 27.2 Å². The fourth-order valence-corrected chi connectivity index (χ4v) is 1.90. The minimum atomic E-state index is 0.0756. The quantitative estimate of drug-likeness (QED) is 0.597. The Hall–Kier alpha value is -1.38. The van der Waals surface area contributed by atoms with Crippen LogP contribution in [0.3, 0.4) is 0 Å². The normalized spacial score (nSPS) is 24.7. The minimum Gasteiger partial charge on any atom is -0.302 e. The highest BCUT2D eigenvalue weighted by Gasteiger charge is 2.35. The molecule has 0 bridgehead atoms. The van der Waals surface area contributed by atoms with Crippen molar-refractivity contribution in [1.82, 2.24) is 9.55 Å². The van der Waals surface area contributed by atoms with E-state index < -0.39 is 0 Å². The molecule has 1 heterocycles. The van der Waals surface area contributed by atoms with Crippen LogP contribution in [-0.2, 0) is 7.05 Å². The number of hydrogen-bond acceptors (Lipinski definition) is 2. The molecule has 2 atom stereocenters. The van der Waals surface area contributed by atoms with Gasteiger partial charge in [0.05, 0.1) is 16.9 Å². The van der Waals surface area contributed by atoms with Gasteiger partial charge < -0.3 is 4.57 Å². The highest BCUT2D eigenvalue weighted by Crippen LogP contribution is 2.41. The Balaban J connectivity index is 0.000000404. The van der Waals surface area contributed by atoms with Crippen LogP contribution in [0.5, 0.6) is 0 Å². The van der Waals surface area contributed by atoms with E-state index in [2.05, 4.69) is 17.1 Å². The molecule has 3 rings (SSSR count). The maximum Gasteiger partial charge on any atom is 0.260 e. The second kappa shape index (κ2) is 3.65. The van der Waals surface area contributed by atoms with Crippen molar-refractivity contribution in [2.45, 2.75) is 20.3 Å². The first-order valence-corrected chi connectivity index (χ1v) is 5.51. The molecular weight excluding hydrogens is 188 g/mol. The van der Waals surface area contributed by atoms with E-state index in [9.17, 15) is 4.79 Å². The van der Waals surface area contributed by atoms with Gasteiger partial charge in [-0.1, -0.05) is 26.0 Å². The summed E-state index contributed by atoms with van der Waals surface area (Å²) in [7, 11) is 1.74. The highest BCUT2D eigenvalue weighted by molar-refractivity contribution is 5.47. The maximum atomic E-state index is 11.6. The van der Waals surface area contributed by atoms with Crippen LogP contribution >= 0.6 is 0 Å². The third-order valence-electron chi connectivity index (χ3n) is 2.84. The smallest absolute Gasteiger partial charge is 0.260 e. The number of aromatic nitrogens is 2. The van der Waals surface area contributed by atoms with Crippen LogP contribution in [0.1, 0.15) is 20.3 Å². The molecule has 1 fully saturated rings. The predicted molar refractivity (Wildman–Crippen MR) is 60.6 cm³/mol. The van der Waals surface area contributed by atoms with Gasteiger partial charge in [0.25, 0.3) is 5.56 Å². The molecule has 2 unspecified atom stereocenters. The van der Waals surface area contributed by atoms with Gasteiger partial charge in [0.15, 0.2) is 0 Å². The largest absolute Gasteiger partial charge is 0.302 e. The van der Waals surface area contributed by atoms with Crippen molar-refractivity contribution in [2.75, 3.05) is 0 Å². The monoisotopic (exact) mass is 204 g/mol. The number of aryl methyl sites for hydroxylation is 1. The molecular formula is C12H16N2O. The Morgan fingerprint density at radius 1 is 1.33 bits per heavy atom. The first-order chi connectivity index (χ1) is 7.25. The van der Waals surface area contributed by atoms with Gasteiger partial charge in [-0.05, 0) is 18.3 Å². The van der Waals surface area contributed by atoms with E-state index in [1.54, 1.807) is 13.4 Å². The summed E-state index contributed by atoms with van der Waals surface area (Å²) in [6.45, 7) is 4.00. The summed E-state index contributed by atoms with van der Waals surface area (Å²) in [5.41, 5.74) is 0.0756. The molecule has 1 saturated carbocycles. The molecule has 0 radical (unpaired) electrons. The molecule has 0 aliphatic heterocycles. The lowest BCUT2D eigenvalue weighted by Crippen LogP contribution is -2.46. The molecule has 3 nitrogen and oxygen atoms in total. The summed E-state index contributed by atoms with van der Waals surface area (Å²) >= 11 is 0. The van der Waals surface area contributed by atoms with Gasteiger partial charge in [0.1, 0.15) is 0 Å². The lowest BCUT2D eigenvalue weighted by Gasteiger charge is -1.99. The van der Waals surface area contributed by atoms with Gasteiger partial charge in [-0.2, -0.15) is 0 Å². The van der Waals surface area contributed by atoms with Gasteiger partial charge >= 0.3 is 0 Å². The zero-order valence-corrected chi connectivity index (χ0v) is 9.40. The molecule has 15 heavy (non-hydrogen) atoms. The Bertz CT molecular complexity index is 542. The topological polar surface area (TPSA) is 34.9 Å². The zero-order valence-electron chi connectivity index (χ0n) is 9.40. The third-order valence-corrected chi connectivity index (χ3v) is 2.84. The molecule has 0 amide bonds. The molecule has 1 aromatic heterocycles. The third kappa shape index (κ3) is 1.62. The number of nitrogens with zero attached hydrogens (tertiary/aromatic N) is 2. The van der Waals surface area contributed by atoms with Crippen molar-refractivity contribution < 1.29 is 0 Å². The molecule has 0 aromatic carbocycles. The maximum absolute atomic E-state index is 11.6. The lowest BCUT2D eigenvalue weighted by molar-refractivity contribution is 0.797. The minimum absolute atomic E-state index is 0.0756. The van der Waals surface area contributed by atoms with Gasteiger partial charge in [-0.25, -0.2) is 4.98 Å². The predicted octanol–water partition coefficient (Wildman–Crippen LogP) is 0.0172. The molecule has 2 aliphatic carbocycles. The van der Waals surface area contributed by atoms with Crippen LogP contribution in [0, 0.1) is 11.8 Å². The molecule has 80 valence electrons. The summed E-state index contributed by atoms with van der Waals surface area (Å²) in [5, 5.41) is 1.67. The van der Waals surface area contributed by atoms with Crippen LogP contribution in [0.15, 0.2) is 11.1 Å². The fourth-order valence-electron chi connectivity index (χ4n) is 1.90. The van der Waals surface area contributed by atoms with Crippen molar-refractivity contribution >= 4 is 12.2 Å². The molecule has 3 heteroatoms. The molecule has 0 saturated heterocycles. The summed E-state index contributed by atoms with van der Waals surface area (Å²) in [4.78, 5) is 15.9. The van der Waals surface area contributed by atoms with Gasteiger partial charge in [0.2, 0.25) is 0 Å². The van der Waals surface area contributed by atoms with Crippen molar-refractivity contribution in [1.29, 1.82) is 0 Å². The van der Waals surface area contributed by atoms with Crippen LogP contribution in [0.2, 0.25) is 0 Å². The standard InChI is InChI=1S/C10H10N2O.C2H6/c1-12-5-11-9-4-7-2-6(7)3-8(9)10(12)13;1-2/h3-7H,2H2,1H3;1-2H3. The average molecular weight is 204 g/mol. The second-order valence-corrected chi connectivity index (χ2v) is 3.86. The van der Waals surface area contributed by atoms with E-state index in [-0.39, 0.29) is 5.56 Å². The first kappa shape index (κ1) is 10.1. The van der Waals surface area contributed by atoms with Crippen LogP contribution in [0.4, 0.5) is 0 Å². The molecule has 1 aromatic rings. The summed E-state index contributed by atoms with van der Waals surface area (Å²) in [5.74, 6) is 1.27. The van der Waals surface area contributed by atoms with Crippen LogP contribution in [-0.4, -0.2) is 9.55 Å². The van der Waals surface area contributed by atoms with E-state index >= 15 is 0 Å². The average Bonchev–Trinajstić information content (AvgIpc) is 3.02. The summed E-state index contributed by atoms with van der Waals surface area (Å²) in [6, 6.07) is 0. The molecule has 0 spiro atoms. The van der Waals surface area contributed by atoms with Crippen molar-refractivity contribution in [3.8, 4) is 0 Å².